The molecule has 2 aromatic rings. The quantitative estimate of drug-likeness (QED) is 0.782. The molecule has 2 heterocycles. The average molecular weight is 274 g/mol. The van der Waals surface area contributed by atoms with Gasteiger partial charge in [0.1, 0.15) is 6.10 Å². The van der Waals surface area contributed by atoms with Gasteiger partial charge in [0.15, 0.2) is 5.78 Å². The standard InChI is InChI=1S/C15H18N2O3/c1-9-4-7-13(20-9)14(18)10-5-6-11-12(8-10)17(3)15(19)16(11)2/h5-6,8-9,13H,4,7H2,1-3H3. The summed E-state index contributed by atoms with van der Waals surface area (Å²) in [5.41, 5.74) is 2.12. The molecule has 0 amide bonds. The maximum absolute atomic E-state index is 12.4. The molecule has 0 bridgehead atoms. The number of hydrogen-bond acceptors (Lipinski definition) is 3. The highest BCUT2D eigenvalue weighted by molar-refractivity contribution is 6.02. The fourth-order valence-corrected chi connectivity index (χ4v) is 2.84. The van der Waals surface area contributed by atoms with Gasteiger partial charge in [0.25, 0.3) is 0 Å². The Bertz CT molecular complexity index is 741. The molecule has 5 nitrogen and oxygen atoms in total. The molecule has 2 unspecified atom stereocenters. The summed E-state index contributed by atoms with van der Waals surface area (Å²) in [7, 11) is 3.45. The summed E-state index contributed by atoms with van der Waals surface area (Å²) >= 11 is 0. The van der Waals surface area contributed by atoms with E-state index in [1.54, 1.807) is 35.4 Å². The number of ketones is 1. The Morgan fingerprint density at radius 2 is 1.90 bits per heavy atom. The zero-order valence-electron chi connectivity index (χ0n) is 11.9. The minimum Gasteiger partial charge on any atom is -0.367 e. The monoisotopic (exact) mass is 274 g/mol. The predicted molar refractivity (Wildman–Crippen MR) is 76.1 cm³/mol. The Balaban J connectivity index is 2.03. The summed E-state index contributed by atoms with van der Waals surface area (Å²) in [6, 6.07) is 5.38. The molecular weight excluding hydrogens is 256 g/mol. The Morgan fingerprint density at radius 3 is 2.55 bits per heavy atom. The topological polar surface area (TPSA) is 53.2 Å². The van der Waals surface area contributed by atoms with Gasteiger partial charge in [-0.25, -0.2) is 4.79 Å². The number of benzene rings is 1. The molecule has 2 atom stereocenters. The molecule has 5 heteroatoms. The van der Waals surface area contributed by atoms with Crippen molar-refractivity contribution in [2.75, 3.05) is 0 Å². The second-order valence-electron chi connectivity index (χ2n) is 5.48. The lowest BCUT2D eigenvalue weighted by Gasteiger charge is -2.10. The summed E-state index contributed by atoms with van der Waals surface area (Å²) in [6.45, 7) is 1.98. The van der Waals surface area contributed by atoms with Crippen molar-refractivity contribution in [2.45, 2.75) is 32.0 Å². The van der Waals surface area contributed by atoms with E-state index in [2.05, 4.69) is 0 Å². The van der Waals surface area contributed by atoms with Gasteiger partial charge in [-0.3, -0.25) is 13.9 Å². The van der Waals surface area contributed by atoms with Crippen LogP contribution in [-0.2, 0) is 18.8 Å². The van der Waals surface area contributed by atoms with Crippen molar-refractivity contribution in [3.05, 3.63) is 34.2 Å². The normalized spacial score (nSPS) is 22.6. The minimum atomic E-state index is -0.344. The van der Waals surface area contributed by atoms with Crippen LogP contribution in [0.15, 0.2) is 23.0 Å². The third-order valence-electron chi connectivity index (χ3n) is 4.08. The van der Waals surface area contributed by atoms with Crippen LogP contribution in [0.2, 0.25) is 0 Å². The molecule has 1 fully saturated rings. The molecule has 1 aliphatic rings. The van der Waals surface area contributed by atoms with Gasteiger partial charge in [0.2, 0.25) is 0 Å². The maximum atomic E-state index is 12.4. The number of nitrogens with zero attached hydrogens (tertiary/aromatic N) is 2. The van der Waals surface area contributed by atoms with Gasteiger partial charge in [0.05, 0.1) is 17.1 Å². The fraction of sp³-hybridized carbons (Fsp3) is 0.467. The van der Waals surface area contributed by atoms with Gasteiger partial charge >= 0.3 is 5.69 Å². The average Bonchev–Trinajstić information content (AvgIpc) is 2.97. The van der Waals surface area contributed by atoms with Gasteiger partial charge in [-0.15, -0.1) is 0 Å². The summed E-state index contributed by atoms with van der Waals surface area (Å²) < 4.78 is 8.77. The van der Waals surface area contributed by atoms with E-state index in [0.717, 1.165) is 23.9 Å². The van der Waals surface area contributed by atoms with Gasteiger partial charge in [-0.05, 0) is 38.0 Å². The van der Waals surface area contributed by atoms with Crippen molar-refractivity contribution in [3.8, 4) is 0 Å². The largest absolute Gasteiger partial charge is 0.367 e. The Labute approximate surface area is 116 Å². The second-order valence-corrected chi connectivity index (χ2v) is 5.48. The van der Waals surface area contributed by atoms with Crippen LogP contribution in [0.25, 0.3) is 11.0 Å². The van der Waals surface area contributed by atoms with Crippen LogP contribution in [-0.4, -0.2) is 27.1 Å². The van der Waals surface area contributed by atoms with Gasteiger partial charge < -0.3 is 4.74 Å². The van der Waals surface area contributed by atoms with Gasteiger partial charge in [0, 0.05) is 19.7 Å². The molecule has 0 radical (unpaired) electrons. The van der Waals surface area contributed by atoms with E-state index in [0.29, 0.717) is 5.56 Å². The van der Waals surface area contributed by atoms with Crippen LogP contribution in [0.4, 0.5) is 0 Å². The third kappa shape index (κ3) is 1.89. The van der Waals surface area contributed by atoms with Gasteiger partial charge in [-0.1, -0.05) is 0 Å². The zero-order chi connectivity index (χ0) is 14.4. The van der Waals surface area contributed by atoms with Crippen LogP contribution in [0.1, 0.15) is 30.1 Å². The lowest BCUT2D eigenvalue weighted by atomic mass is 10.0. The smallest absolute Gasteiger partial charge is 0.328 e. The van der Waals surface area contributed by atoms with E-state index in [1.165, 1.54) is 0 Å². The first-order valence-corrected chi connectivity index (χ1v) is 6.84. The Kier molecular flexibility index (Phi) is 3.01. The van der Waals surface area contributed by atoms with Crippen molar-refractivity contribution < 1.29 is 9.53 Å². The number of aromatic nitrogens is 2. The van der Waals surface area contributed by atoms with E-state index in [4.69, 9.17) is 4.74 Å². The van der Waals surface area contributed by atoms with E-state index in [1.807, 2.05) is 13.0 Å². The van der Waals surface area contributed by atoms with E-state index in [-0.39, 0.29) is 23.7 Å². The van der Waals surface area contributed by atoms with Crippen LogP contribution >= 0.6 is 0 Å². The van der Waals surface area contributed by atoms with E-state index in [9.17, 15) is 9.59 Å². The molecule has 1 aromatic heterocycles. The van der Waals surface area contributed by atoms with E-state index >= 15 is 0 Å². The number of carbonyl (C=O) groups excluding carboxylic acids is 1. The maximum Gasteiger partial charge on any atom is 0.328 e. The molecule has 1 aromatic carbocycles. The Morgan fingerprint density at radius 1 is 1.20 bits per heavy atom. The molecule has 1 saturated heterocycles. The zero-order valence-corrected chi connectivity index (χ0v) is 11.9. The Hall–Kier alpha value is -1.88. The number of carbonyl (C=O) groups is 1. The number of fused-ring (bicyclic) bond motifs is 1. The lowest BCUT2D eigenvalue weighted by Crippen LogP contribution is -2.21. The molecule has 3 rings (SSSR count). The lowest BCUT2D eigenvalue weighted by molar-refractivity contribution is 0.0433. The number of hydrogen-bond donors (Lipinski definition) is 0. The predicted octanol–water partition coefficient (Wildman–Crippen LogP) is 1.63. The van der Waals surface area contributed by atoms with Crippen LogP contribution in [0, 0.1) is 0 Å². The fourth-order valence-electron chi connectivity index (χ4n) is 2.84. The molecule has 106 valence electrons. The highest BCUT2D eigenvalue weighted by Gasteiger charge is 2.29. The number of imidazole rings is 1. The highest BCUT2D eigenvalue weighted by atomic mass is 16.5. The van der Waals surface area contributed by atoms with E-state index < -0.39 is 0 Å². The summed E-state index contributed by atoms with van der Waals surface area (Å²) in [6.07, 6.45) is 1.49. The summed E-state index contributed by atoms with van der Waals surface area (Å²) in [4.78, 5) is 24.3. The number of Topliss-reactive ketones (excluding diaryl/α,β-unsaturated/α-hetero) is 1. The molecule has 20 heavy (non-hydrogen) atoms. The minimum absolute atomic E-state index is 0.00699. The first kappa shape index (κ1) is 13.1. The highest BCUT2D eigenvalue weighted by Crippen LogP contribution is 2.24. The van der Waals surface area contributed by atoms with Crippen LogP contribution in [0.5, 0.6) is 0 Å². The number of rotatable bonds is 2. The summed E-state index contributed by atoms with van der Waals surface area (Å²) in [5, 5.41) is 0. The first-order valence-electron chi connectivity index (χ1n) is 6.84. The molecule has 0 N–H and O–H groups in total. The number of ether oxygens (including phenoxy) is 1. The van der Waals surface area contributed by atoms with Crippen molar-refractivity contribution in [2.24, 2.45) is 14.1 Å². The van der Waals surface area contributed by atoms with Gasteiger partial charge in [-0.2, -0.15) is 0 Å². The summed E-state index contributed by atoms with van der Waals surface area (Å²) in [5.74, 6) is 0.00699. The number of aryl methyl sites for hydroxylation is 2. The van der Waals surface area contributed by atoms with Crippen LogP contribution < -0.4 is 5.69 Å². The molecule has 1 aliphatic heterocycles. The molecule has 0 saturated carbocycles. The SMILES string of the molecule is CC1CCC(C(=O)c2ccc3c(c2)n(C)c(=O)n3C)O1. The van der Waals surface area contributed by atoms with Crippen molar-refractivity contribution >= 4 is 16.8 Å². The van der Waals surface area contributed by atoms with Crippen molar-refractivity contribution in [3.63, 3.8) is 0 Å². The molecule has 0 aliphatic carbocycles. The third-order valence-corrected chi connectivity index (χ3v) is 4.08. The second kappa shape index (κ2) is 4.59. The molecule has 0 spiro atoms. The van der Waals surface area contributed by atoms with Crippen molar-refractivity contribution in [1.29, 1.82) is 0 Å². The molecular formula is C15H18N2O3. The first-order chi connectivity index (χ1) is 9.49. The van der Waals surface area contributed by atoms with Crippen LogP contribution in [0.3, 0.4) is 0 Å². The van der Waals surface area contributed by atoms with Crippen molar-refractivity contribution in [1.82, 2.24) is 9.13 Å².